The molecule has 3 rings (SSSR count). The number of carbonyl (C=O) groups excluding carboxylic acids is 7. The van der Waals surface area contributed by atoms with Crippen molar-refractivity contribution in [1.82, 2.24) is 21.3 Å². The number of hydrogen-bond acceptors (Lipinski definition) is 9. The Morgan fingerprint density at radius 1 is 0.717 bits per heavy atom. The van der Waals surface area contributed by atoms with E-state index in [1.807, 2.05) is 37.3 Å². The number of nitrogens with one attached hydrogen (secondary N) is 4. The van der Waals surface area contributed by atoms with Crippen LogP contribution >= 0.6 is 0 Å². The predicted molar refractivity (Wildman–Crippen MR) is 235 cm³/mol. The lowest BCUT2D eigenvalue weighted by Gasteiger charge is -2.25. The summed E-state index contributed by atoms with van der Waals surface area (Å²) in [7, 11) is 0. The predicted octanol–water partition coefficient (Wildman–Crippen LogP) is 7.09. The first-order valence-electron chi connectivity index (χ1n) is 21.0. The molecule has 13 heteroatoms. The Balaban J connectivity index is 0.00000139. The van der Waals surface area contributed by atoms with E-state index in [1.54, 1.807) is 65.0 Å². The van der Waals surface area contributed by atoms with Gasteiger partial charge in [-0.3, -0.25) is 28.8 Å². The van der Waals surface area contributed by atoms with E-state index in [2.05, 4.69) is 59.4 Å². The van der Waals surface area contributed by atoms with Crippen LogP contribution in [0.2, 0.25) is 0 Å². The third-order valence-electron chi connectivity index (χ3n) is 8.17. The van der Waals surface area contributed by atoms with Gasteiger partial charge in [-0.25, -0.2) is 4.79 Å². The summed E-state index contributed by atoms with van der Waals surface area (Å²) in [5, 5.41) is 9.32. The van der Waals surface area contributed by atoms with Crippen LogP contribution in [0.1, 0.15) is 130 Å². The van der Waals surface area contributed by atoms with E-state index >= 15 is 0 Å². The van der Waals surface area contributed by atoms with Crippen molar-refractivity contribution in [2.75, 3.05) is 19.7 Å². The van der Waals surface area contributed by atoms with E-state index in [0.717, 1.165) is 6.42 Å². The molecule has 2 aromatic carbocycles. The minimum atomic E-state index is -1.22. The zero-order chi connectivity index (χ0) is 45.2. The van der Waals surface area contributed by atoms with Crippen LogP contribution in [0, 0.1) is 6.92 Å². The van der Waals surface area contributed by atoms with Crippen LogP contribution < -0.4 is 21.3 Å². The highest BCUT2D eigenvalue weighted by atomic mass is 16.6. The zero-order valence-corrected chi connectivity index (χ0v) is 37.1. The largest absolute Gasteiger partial charge is 0.458 e. The van der Waals surface area contributed by atoms with E-state index in [1.165, 1.54) is 44.1 Å². The molecular weight excluding hydrogens is 765 g/mol. The molecule has 332 valence electrons. The fourth-order valence-corrected chi connectivity index (χ4v) is 5.11. The molecule has 2 unspecified atom stereocenters. The van der Waals surface area contributed by atoms with Crippen molar-refractivity contribution in [1.29, 1.82) is 0 Å². The summed E-state index contributed by atoms with van der Waals surface area (Å²) in [6.45, 7) is 12.9. The molecule has 0 saturated heterocycles. The molecular formula is C47H70N4O9. The number of ketones is 1. The van der Waals surface area contributed by atoms with Crippen LogP contribution in [0.5, 0.6) is 0 Å². The monoisotopic (exact) mass is 835 g/mol. The van der Waals surface area contributed by atoms with Crippen molar-refractivity contribution in [3.8, 4) is 0 Å². The molecule has 1 aliphatic carbocycles. The van der Waals surface area contributed by atoms with Gasteiger partial charge in [0.25, 0.3) is 11.8 Å². The number of ether oxygens (including phenoxy) is 2. The van der Waals surface area contributed by atoms with Gasteiger partial charge in [-0.1, -0.05) is 156 Å². The Bertz CT molecular complexity index is 1600. The van der Waals surface area contributed by atoms with Crippen LogP contribution in [0.4, 0.5) is 0 Å². The van der Waals surface area contributed by atoms with Crippen molar-refractivity contribution in [2.24, 2.45) is 0 Å². The Morgan fingerprint density at radius 2 is 1.28 bits per heavy atom. The summed E-state index contributed by atoms with van der Waals surface area (Å²) in [5.74, 6) is -5.62. The molecule has 1 aliphatic rings. The number of rotatable bonds is 17. The molecule has 2 atom stereocenters. The second-order valence-corrected chi connectivity index (χ2v) is 14.8. The van der Waals surface area contributed by atoms with Gasteiger partial charge in [0.1, 0.15) is 12.1 Å². The molecule has 0 aromatic heterocycles. The molecule has 0 aliphatic heterocycles. The fraction of sp³-hybridized carbons (Fsp3) is 0.511. The van der Waals surface area contributed by atoms with Gasteiger partial charge in [0, 0.05) is 6.42 Å². The quantitative estimate of drug-likeness (QED) is 0.0734. The second-order valence-electron chi connectivity index (χ2n) is 14.8. The normalized spacial score (nSPS) is 12.9. The van der Waals surface area contributed by atoms with E-state index < -0.39 is 72.8 Å². The Kier molecular flexibility index (Phi) is 30.2. The van der Waals surface area contributed by atoms with E-state index in [0.29, 0.717) is 12.0 Å². The van der Waals surface area contributed by atoms with Gasteiger partial charge in [0.05, 0.1) is 12.6 Å². The summed E-state index contributed by atoms with van der Waals surface area (Å²) in [6.07, 6.45) is 19.1. The molecule has 4 amide bonds. The highest BCUT2D eigenvalue weighted by molar-refractivity contribution is 6.38. The second kappa shape index (κ2) is 33.3. The molecule has 1 saturated carbocycles. The lowest BCUT2D eigenvalue weighted by molar-refractivity contribution is -0.158. The first kappa shape index (κ1) is 54.4. The Hall–Kier alpha value is -5.59. The van der Waals surface area contributed by atoms with Crippen LogP contribution in [-0.4, -0.2) is 72.7 Å². The molecule has 13 nitrogen and oxygen atoms in total. The van der Waals surface area contributed by atoms with E-state index in [9.17, 15) is 33.6 Å². The molecule has 60 heavy (non-hydrogen) atoms. The lowest BCUT2D eigenvalue weighted by atomic mass is 10.0. The number of carbonyl (C=O) groups is 7. The summed E-state index contributed by atoms with van der Waals surface area (Å²) in [4.78, 5) is 85.4. The molecule has 0 bridgehead atoms. The van der Waals surface area contributed by atoms with E-state index in [-0.39, 0.29) is 18.7 Å². The molecule has 2 aromatic rings. The van der Waals surface area contributed by atoms with Gasteiger partial charge in [-0.2, -0.15) is 0 Å². The van der Waals surface area contributed by atoms with Gasteiger partial charge < -0.3 is 30.7 Å². The number of amides is 4. The van der Waals surface area contributed by atoms with Gasteiger partial charge in [-0.15, -0.1) is 0 Å². The number of hydrogen-bond donors (Lipinski definition) is 4. The van der Waals surface area contributed by atoms with Crippen LogP contribution in [0.15, 0.2) is 85.0 Å². The fourth-order valence-electron chi connectivity index (χ4n) is 5.11. The number of Topliss-reactive ketones (excluding diaryl/α,β-unsaturated/α-hetero) is 1. The molecule has 0 heterocycles. The average molecular weight is 835 g/mol. The summed E-state index contributed by atoms with van der Waals surface area (Å²) < 4.78 is 10.1. The van der Waals surface area contributed by atoms with Crippen LogP contribution in [0.25, 0.3) is 0 Å². The summed E-state index contributed by atoms with van der Waals surface area (Å²) >= 11 is 0. The molecule has 4 N–H and O–H groups in total. The SMILES string of the molecule is C/C=C\C=C/CC.C1CCCCC1.CCCC(NC(=O)COC(=O)CNC(=O)CC)C(=O)C(=O)NCC(=O)NC(C(=O)OC(C)(C)C)c1ccccc1.Cc1ccccc1. The third kappa shape index (κ3) is 28.8. The van der Waals surface area contributed by atoms with Crippen molar-refractivity contribution >= 4 is 41.4 Å². The maximum atomic E-state index is 12.7. The summed E-state index contributed by atoms with van der Waals surface area (Å²) in [5.41, 5.74) is 0.978. The standard InChI is InChI=1S/C27H38N4O9.C7H8.C7H12.C6H12/c1-6-11-18(30-21(34)16-39-22(35)15-28-19(32)7-2)24(36)25(37)29-14-20(33)31-23(17-12-9-8-10-13-17)26(38)40-27(3,4)5;1-7-5-3-2-4-6-7;1-3-5-7-6-4-2;1-2-4-6-5-3-1/h8-10,12-13,18,23H,6-7,11,14-16H2,1-5H3,(H,28,32)(H,29,37)(H,30,34)(H,31,33);2-6H,1H3;3,5-7H,4H2,1-2H3;1-6H2/b;;5-3-,7-6-;. The molecule has 0 spiro atoms. The highest BCUT2D eigenvalue weighted by Gasteiger charge is 2.30. The third-order valence-corrected chi connectivity index (χ3v) is 8.17. The maximum absolute atomic E-state index is 12.7. The number of allylic oxidation sites excluding steroid dienone is 4. The van der Waals surface area contributed by atoms with Crippen molar-refractivity contribution in [3.63, 3.8) is 0 Å². The Labute approximate surface area is 357 Å². The first-order valence-corrected chi connectivity index (χ1v) is 21.0. The van der Waals surface area contributed by atoms with Gasteiger partial charge in [0.15, 0.2) is 12.6 Å². The minimum absolute atomic E-state index is 0.111. The number of aryl methyl sites for hydroxylation is 1. The smallest absolute Gasteiger partial charge is 0.333 e. The van der Waals surface area contributed by atoms with Crippen molar-refractivity contribution in [2.45, 2.75) is 137 Å². The van der Waals surface area contributed by atoms with Gasteiger partial charge >= 0.3 is 11.9 Å². The van der Waals surface area contributed by atoms with Gasteiger partial charge in [-0.05, 0) is 53.0 Å². The highest BCUT2D eigenvalue weighted by Crippen LogP contribution is 2.19. The first-order chi connectivity index (χ1) is 28.6. The van der Waals surface area contributed by atoms with Crippen LogP contribution in [-0.2, 0) is 43.0 Å². The molecule has 1 fully saturated rings. The summed E-state index contributed by atoms with van der Waals surface area (Å²) in [6, 6.07) is 16.3. The minimum Gasteiger partial charge on any atom is -0.458 e. The maximum Gasteiger partial charge on any atom is 0.333 e. The van der Waals surface area contributed by atoms with Crippen molar-refractivity contribution < 1.29 is 43.0 Å². The van der Waals surface area contributed by atoms with Gasteiger partial charge in [0.2, 0.25) is 17.6 Å². The topological polar surface area (TPSA) is 186 Å². The Morgan fingerprint density at radius 3 is 1.75 bits per heavy atom. The lowest BCUT2D eigenvalue weighted by Crippen LogP contribution is -2.50. The number of benzene rings is 2. The zero-order valence-electron chi connectivity index (χ0n) is 37.1. The van der Waals surface area contributed by atoms with Crippen molar-refractivity contribution in [3.05, 3.63) is 96.1 Å². The van der Waals surface area contributed by atoms with Crippen LogP contribution in [0.3, 0.4) is 0 Å². The average Bonchev–Trinajstić information content (AvgIpc) is 3.24. The number of esters is 2. The van der Waals surface area contributed by atoms with E-state index in [4.69, 9.17) is 9.47 Å². The molecule has 0 radical (unpaired) electrons.